The summed E-state index contributed by atoms with van der Waals surface area (Å²) in [5.74, 6) is 0. The van der Waals surface area contributed by atoms with Gasteiger partial charge in [-0.15, -0.1) is 0 Å². The quantitative estimate of drug-likeness (QED) is 0.600. The van der Waals surface area contributed by atoms with Gasteiger partial charge in [-0.2, -0.15) is 0 Å². The van der Waals surface area contributed by atoms with E-state index in [9.17, 15) is 5.11 Å². The van der Waals surface area contributed by atoms with Crippen molar-refractivity contribution in [3.05, 3.63) is 0 Å². The largest absolute Gasteiger partial charge is 0.390 e. The van der Waals surface area contributed by atoms with Gasteiger partial charge in [0.1, 0.15) is 0 Å². The van der Waals surface area contributed by atoms with E-state index in [1.54, 1.807) is 0 Å². The molecular weight excluding hydrogens is 124 g/mol. The SMILES string of the molecule is CC.CCC1(O)CCCC1. The van der Waals surface area contributed by atoms with Gasteiger partial charge < -0.3 is 5.11 Å². The second kappa shape index (κ2) is 4.73. The molecule has 0 unspecified atom stereocenters. The molecule has 0 spiro atoms. The lowest BCUT2D eigenvalue weighted by atomic mass is 10.00. The Morgan fingerprint density at radius 3 is 1.80 bits per heavy atom. The van der Waals surface area contributed by atoms with Gasteiger partial charge in [0.15, 0.2) is 0 Å². The highest BCUT2D eigenvalue weighted by Crippen LogP contribution is 2.31. The van der Waals surface area contributed by atoms with Crippen LogP contribution in [0.2, 0.25) is 0 Å². The lowest BCUT2D eigenvalue weighted by Crippen LogP contribution is -2.21. The molecule has 0 atom stereocenters. The third-order valence-electron chi connectivity index (χ3n) is 2.19. The molecule has 1 aliphatic carbocycles. The minimum atomic E-state index is -0.264. The zero-order valence-corrected chi connectivity index (χ0v) is 7.48. The summed E-state index contributed by atoms with van der Waals surface area (Å²) in [7, 11) is 0. The Kier molecular flexibility index (Phi) is 4.71. The second-order valence-electron chi connectivity index (χ2n) is 2.79. The fourth-order valence-corrected chi connectivity index (χ4v) is 1.39. The van der Waals surface area contributed by atoms with E-state index in [0.29, 0.717) is 0 Å². The van der Waals surface area contributed by atoms with E-state index in [1.165, 1.54) is 12.8 Å². The molecule has 1 rings (SSSR count). The molecule has 0 aromatic heterocycles. The molecule has 1 saturated carbocycles. The monoisotopic (exact) mass is 144 g/mol. The van der Waals surface area contributed by atoms with Crippen molar-refractivity contribution >= 4 is 0 Å². The van der Waals surface area contributed by atoms with Crippen LogP contribution in [-0.4, -0.2) is 10.7 Å². The van der Waals surface area contributed by atoms with Gasteiger partial charge in [0.25, 0.3) is 0 Å². The molecule has 0 radical (unpaired) electrons. The van der Waals surface area contributed by atoms with Crippen molar-refractivity contribution in [3.63, 3.8) is 0 Å². The minimum Gasteiger partial charge on any atom is -0.390 e. The molecular formula is C9H20O. The van der Waals surface area contributed by atoms with Crippen LogP contribution in [0.25, 0.3) is 0 Å². The minimum absolute atomic E-state index is 0.264. The van der Waals surface area contributed by atoms with E-state index in [2.05, 4.69) is 6.92 Å². The molecule has 0 aliphatic heterocycles. The van der Waals surface area contributed by atoms with Gasteiger partial charge >= 0.3 is 0 Å². The summed E-state index contributed by atoms with van der Waals surface area (Å²) in [6.45, 7) is 6.06. The highest BCUT2D eigenvalue weighted by Gasteiger charge is 2.28. The van der Waals surface area contributed by atoms with Gasteiger partial charge in [-0.05, 0) is 19.3 Å². The van der Waals surface area contributed by atoms with Crippen molar-refractivity contribution in [1.29, 1.82) is 0 Å². The number of hydrogen-bond acceptors (Lipinski definition) is 1. The average Bonchev–Trinajstić information content (AvgIpc) is 2.42. The number of aliphatic hydroxyl groups is 1. The fourth-order valence-electron chi connectivity index (χ4n) is 1.39. The first-order valence-electron chi connectivity index (χ1n) is 4.49. The standard InChI is InChI=1S/C7H14O.C2H6/c1-2-7(8)5-3-4-6-7;1-2/h8H,2-6H2,1H3;1-2H3. The Balaban J connectivity index is 0.000000371. The Morgan fingerprint density at radius 2 is 1.60 bits per heavy atom. The predicted octanol–water partition coefficient (Wildman–Crippen LogP) is 2.73. The van der Waals surface area contributed by atoms with Crippen molar-refractivity contribution in [3.8, 4) is 0 Å². The van der Waals surface area contributed by atoms with Crippen molar-refractivity contribution < 1.29 is 5.11 Å². The highest BCUT2D eigenvalue weighted by atomic mass is 16.3. The van der Waals surface area contributed by atoms with Gasteiger partial charge in [0, 0.05) is 0 Å². The van der Waals surface area contributed by atoms with Crippen LogP contribution in [0.1, 0.15) is 52.9 Å². The van der Waals surface area contributed by atoms with Gasteiger partial charge in [-0.1, -0.05) is 33.6 Å². The smallest absolute Gasteiger partial charge is 0.0645 e. The topological polar surface area (TPSA) is 20.2 Å². The third-order valence-corrected chi connectivity index (χ3v) is 2.19. The molecule has 1 N–H and O–H groups in total. The molecule has 1 fully saturated rings. The normalized spacial score (nSPS) is 21.6. The summed E-state index contributed by atoms with van der Waals surface area (Å²) in [5.41, 5.74) is -0.264. The fraction of sp³-hybridized carbons (Fsp3) is 1.00. The molecule has 0 amide bonds. The summed E-state index contributed by atoms with van der Waals surface area (Å²) >= 11 is 0. The maximum Gasteiger partial charge on any atom is 0.0645 e. The first-order valence-corrected chi connectivity index (χ1v) is 4.49. The molecule has 62 valence electrons. The van der Waals surface area contributed by atoms with Crippen LogP contribution in [0.3, 0.4) is 0 Å². The van der Waals surface area contributed by atoms with E-state index in [1.807, 2.05) is 13.8 Å². The Hall–Kier alpha value is -0.0400. The van der Waals surface area contributed by atoms with Crippen molar-refractivity contribution in [1.82, 2.24) is 0 Å². The molecule has 0 saturated heterocycles. The van der Waals surface area contributed by atoms with E-state index in [4.69, 9.17) is 0 Å². The number of rotatable bonds is 1. The first kappa shape index (κ1) is 9.96. The van der Waals surface area contributed by atoms with E-state index in [-0.39, 0.29) is 5.60 Å². The second-order valence-corrected chi connectivity index (χ2v) is 2.79. The van der Waals surface area contributed by atoms with E-state index in [0.717, 1.165) is 19.3 Å². The van der Waals surface area contributed by atoms with Crippen LogP contribution < -0.4 is 0 Å². The van der Waals surface area contributed by atoms with Crippen molar-refractivity contribution in [2.24, 2.45) is 0 Å². The summed E-state index contributed by atoms with van der Waals surface area (Å²) in [4.78, 5) is 0. The maximum atomic E-state index is 9.50. The zero-order chi connectivity index (χ0) is 8.04. The average molecular weight is 144 g/mol. The first-order chi connectivity index (χ1) is 4.77. The van der Waals surface area contributed by atoms with Crippen LogP contribution in [0.15, 0.2) is 0 Å². The molecule has 0 heterocycles. The molecule has 0 bridgehead atoms. The van der Waals surface area contributed by atoms with Crippen molar-refractivity contribution in [2.45, 2.75) is 58.5 Å². The lowest BCUT2D eigenvalue weighted by molar-refractivity contribution is 0.0439. The van der Waals surface area contributed by atoms with Crippen LogP contribution in [0, 0.1) is 0 Å². The molecule has 1 nitrogen and oxygen atoms in total. The lowest BCUT2D eigenvalue weighted by Gasteiger charge is -2.18. The van der Waals surface area contributed by atoms with Crippen LogP contribution in [0.4, 0.5) is 0 Å². The van der Waals surface area contributed by atoms with E-state index < -0.39 is 0 Å². The molecule has 1 aliphatic rings. The third kappa shape index (κ3) is 2.70. The summed E-state index contributed by atoms with van der Waals surface area (Å²) < 4.78 is 0. The molecule has 0 aromatic rings. The summed E-state index contributed by atoms with van der Waals surface area (Å²) in [5, 5.41) is 9.50. The van der Waals surface area contributed by atoms with Gasteiger partial charge in [0.2, 0.25) is 0 Å². The van der Waals surface area contributed by atoms with Gasteiger partial charge in [0.05, 0.1) is 5.60 Å². The zero-order valence-electron chi connectivity index (χ0n) is 7.48. The van der Waals surface area contributed by atoms with Crippen molar-refractivity contribution in [2.75, 3.05) is 0 Å². The Labute approximate surface area is 64.5 Å². The maximum absolute atomic E-state index is 9.50. The summed E-state index contributed by atoms with van der Waals surface area (Å²) in [6.07, 6.45) is 5.45. The van der Waals surface area contributed by atoms with Crippen LogP contribution >= 0.6 is 0 Å². The van der Waals surface area contributed by atoms with Crippen LogP contribution in [-0.2, 0) is 0 Å². The van der Waals surface area contributed by atoms with Gasteiger partial charge in [-0.3, -0.25) is 0 Å². The predicted molar refractivity (Wildman–Crippen MR) is 45.1 cm³/mol. The molecule has 10 heavy (non-hydrogen) atoms. The molecule has 1 heteroatoms. The van der Waals surface area contributed by atoms with Gasteiger partial charge in [-0.25, -0.2) is 0 Å². The summed E-state index contributed by atoms with van der Waals surface area (Å²) in [6, 6.07) is 0. The number of hydrogen-bond donors (Lipinski definition) is 1. The van der Waals surface area contributed by atoms with E-state index >= 15 is 0 Å². The molecule has 0 aromatic carbocycles. The highest BCUT2D eigenvalue weighted by molar-refractivity contribution is 4.81. The Morgan fingerprint density at radius 1 is 1.20 bits per heavy atom. The van der Waals surface area contributed by atoms with Crippen LogP contribution in [0.5, 0.6) is 0 Å². The Bertz CT molecular complexity index is 72.8.